The Hall–Kier alpha value is -0.583. The summed E-state index contributed by atoms with van der Waals surface area (Å²) in [6.07, 6.45) is 0. The number of hydrogen-bond donors (Lipinski definition) is 0. The van der Waals surface area contributed by atoms with Crippen LogP contribution in [0.15, 0.2) is 24.3 Å². The predicted molar refractivity (Wildman–Crippen MR) is 39.8 cm³/mol. The molecule has 1 aromatic carbocycles. The standard InChI is InChI=1S/C8H8NO.Li/c1-2-4-8-7(3-1)9-5-6-10-8;/h1-4H,5-6H2;/q-1;+1. The summed E-state index contributed by atoms with van der Waals surface area (Å²) in [5, 5.41) is 4.27. The number of ether oxygens (including phenoxy) is 1. The SMILES string of the molecule is [Li+].c1ccc2c(c1)[N-]CCO2. The topological polar surface area (TPSA) is 23.3 Å². The Kier molecular flexibility index (Phi) is 2.87. The summed E-state index contributed by atoms with van der Waals surface area (Å²) in [6, 6.07) is 7.84. The van der Waals surface area contributed by atoms with Crippen LogP contribution >= 0.6 is 0 Å². The van der Waals surface area contributed by atoms with E-state index in [4.69, 9.17) is 4.74 Å². The zero-order valence-electron chi connectivity index (χ0n) is 6.58. The molecule has 0 aliphatic carbocycles. The summed E-state index contributed by atoms with van der Waals surface area (Å²) in [6.45, 7) is 1.51. The molecule has 0 spiro atoms. The fourth-order valence-corrected chi connectivity index (χ4v) is 1.03. The van der Waals surface area contributed by atoms with Crippen molar-refractivity contribution in [3.8, 4) is 5.75 Å². The maximum Gasteiger partial charge on any atom is 1.00 e. The molecule has 1 aromatic rings. The first kappa shape index (κ1) is 8.51. The number of hydrogen-bond acceptors (Lipinski definition) is 1. The van der Waals surface area contributed by atoms with E-state index < -0.39 is 0 Å². The molecule has 0 unspecified atom stereocenters. The molecule has 11 heavy (non-hydrogen) atoms. The van der Waals surface area contributed by atoms with Gasteiger partial charge >= 0.3 is 18.9 Å². The molecule has 1 aliphatic heterocycles. The third-order valence-corrected chi connectivity index (χ3v) is 1.50. The molecule has 0 atom stereocenters. The van der Waals surface area contributed by atoms with Gasteiger partial charge in [0, 0.05) is 0 Å². The summed E-state index contributed by atoms with van der Waals surface area (Å²) in [5.41, 5.74) is 0.980. The molecule has 0 amide bonds. The van der Waals surface area contributed by atoms with E-state index in [0.717, 1.165) is 24.6 Å². The average Bonchev–Trinajstić information content (AvgIpc) is 2.05. The van der Waals surface area contributed by atoms with Crippen molar-refractivity contribution in [3.63, 3.8) is 0 Å². The van der Waals surface area contributed by atoms with E-state index >= 15 is 0 Å². The minimum absolute atomic E-state index is 0. The molecule has 52 valence electrons. The summed E-state index contributed by atoms with van der Waals surface area (Å²) < 4.78 is 5.33. The average molecular weight is 141 g/mol. The molecule has 0 radical (unpaired) electrons. The van der Waals surface area contributed by atoms with E-state index in [9.17, 15) is 0 Å². The molecule has 0 saturated heterocycles. The predicted octanol–water partition coefficient (Wildman–Crippen LogP) is -0.912. The molecule has 1 aliphatic rings. The van der Waals surface area contributed by atoms with Gasteiger partial charge in [-0.05, 0) is 6.07 Å². The quantitative estimate of drug-likeness (QED) is 0.429. The minimum atomic E-state index is 0. The van der Waals surface area contributed by atoms with E-state index in [1.54, 1.807) is 0 Å². The fraction of sp³-hybridized carbons (Fsp3) is 0.250. The van der Waals surface area contributed by atoms with Gasteiger partial charge in [-0.15, -0.1) is 0 Å². The van der Waals surface area contributed by atoms with Crippen molar-refractivity contribution < 1.29 is 23.6 Å². The van der Waals surface area contributed by atoms with E-state index in [0.29, 0.717) is 0 Å². The maximum absolute atomic E-state index is 5.33. The molecular weight excluding hydrogens is 133 g/mol. The molecule has 0 saturated carbocycles. The van der Waals surface area contributed by atoms with Crippen LogP contribution in [-0.4, -0.2) is 13.2 Å². The second-order valence-electron chi connectivity index (χ2n) is 2.20. The number of rotatable bonds is 0. The first-order valence-electron chi connectivity index (χ1n) is 3.36. The molecule has 0 aromatic heterocycles. The molecule has 2 nitrogen and oxygen atoms in total. The molecular formula is C8H8LiNO. The van der Waals surface area contributed by atoms with Crippen LogP contribution in [-0.2, 0) is 0 Å². The van der Waals surface area contributed by atoms with Crippen molar-refractivity contribution >= 4 is 5.69 Å². The summed E-state index contributed by atoms with van der Waals surface area (Å²) in [4.78, 5) is 0. The summed E-state index contributed by atoms with van der Waals surface area (Å²) in [7, 11) is 0. The Bertz CT molecular complexity index is 214. The van der Waals surface area contributed by atoms with E-state index in [1.807, 2.05) is 24.3 Å². The van der Waals surface area contributed by atoms with Crippen LogP contribution in [0, 0.1) is 0 Å². The van der Waals surface area contributed by atoms with Crippen LogP contribution < -0.4 is 23.6 Å². The van der Waals surface area contributed by atoms with E-state index in [-0.39, 0.29) is 18.9 Å². The molecule has 0 bridgehead atoms. The van der Waals surface area contributed by atoms with Gasteiger partial charge in [0.2, 0.25) is 0 Å². The van der Waals surface area contributed by atoms with Gasteiger partial charge in [0.25, 0.3) is 0 Å². The number of fused-ring (bicyclic) bond motifs is 1. The zero-order chi connectivity index (χ0) is 6.81. The Morgan fingerprint density at radius 1 is 1.27 bits per heavy atom. The van der Waals surface area contributed by atoms with Crippen LogP contribution in [0.3, 0.4) is 0 Å². The zero-order valence-corrected chi connectivity index (χ0v) is 6.58. The van der Waals surface area contributed by atoms with Gasteiger partial charge in [-0.25, -0.2) is 0 Å². The van der Waals surface area contributed by atoms with Gasteiger partial charge in [-0.3, -0.25) is 0 Å². The van der Waals surface area contributed by atoms with Crippen LogP contribution in [0.2, 0.25) is 0 Å². The second kappa shape index (κ2) is 3.71. The van der Waals surface area contributed by atoms with Crippen molar-refractivity contribution in [3.05, 3.63) is 29.6 Å². The maximum atomic E-state index is 5.33. The third-order valence-electron chi connectivity index (χ3n) is 1.50. The van der Waals surface area contributed by atoms with Gasteiger partial charge in [0.05, 0.1) is 6.61 Å². The third kappa shape index (κ3) is 1.71. The number of para-hydroxylation sites is 2. The van der Waals surface area contributed by atoms with Crippen molar-refractivity contribution in [2.24, 2.45) is 0 Å². The van der Waals surface area contributed by atoms with Gasteiger partial charge in [0.1, 0.15) is 5.75 Å². The monoisotopic (exact) mass is 141 g/mol. The van der Waals surface area contributed by atoms with Crippen molar-refractivity contribution in [2.45, 2.75) is 0 Å². The molecule has 0 fully saturated rings. The minimum Gasteiger partial charge on any atom is -0.679 e. The summed E-state index contributed by atoms with van der Waals surface area (Å²) in [5.74, 6) is 0.911. The summed E-state index contributed by atoms with van der Waals surface area (Å²) >= 11 is 0. The normalized spacial score (nSPS) is 13.5. The second-order valence-corrected chi connectivity index (χ2v) is 2.20. The van der Waals surface area contributed by atoms with Crippen molar-refractivity contribution in [1.29, 1.82) is 0 Å². The fourth-order valence-electron chi connectivity index (χ4n) is 1.03. The molecule has 2 rings (SSSR count). The van der Waals surface area contributed by atoms with E-state index in [2.05, 4.69) is 5.32 Å². The Labute approximate surface area is 78.1 Å². The molecule has 3 heteroatoms. The van der Waals surface area contributed by atoms with Crippen LogP contribution in [0.25, 0.3) is 5.32 Å². The van der Waals surface area contributed by atoms with Crippen LogP contribution in [0.1, 0.15) is 0 Å². The number of nitrogens with zero attached hydrogens (tertiary/aromatic N) is 1. The Morgan fingerprint density at radius 3 is 2.91 bits per heavy atom. The van der Waals surface area contributed by atoms with Gasteiger partial charge in [-0.2, -0.15) is 0 Å². The van der Waals surface area contributed by atoms with E-state index in [1.165, 1.54) is 0 Å². The number of benzene rings is 1. The van der Waals surface area contributed by atoms with Crippen molar-refractivity contribution in [1.82, 2.24) is 0 Å². The van der Waals surface area contributed by atoms with Crippen LogP contribution in [0.4, 0.5) is 5.69 Å². The largest absolute Gasteiger partial charge is 1.00 e. The Morgan fingerprint density at radius 2 is 2.09 bits per heavy atom. The van der Waals surface area contributed by atoms with Gasteiger partial charge in [0.15, 0.2) is 0 Å². The van der Waals surface area contributed by atoms with Gasteiger partial charge in [-0.1, -0.05) is 30.4 Å². The van der Waals surface area contributed by atoms with Crippen molar-refractivity contribution in [2.75, 3.05) is 13.2 Å². The smallest absolute Gasteiger partial charge is 0.679 e. The Balaban J connectivity index is 0.000000605. The molecule has 1 heterocycles. The molecule has 0 N–H and O–H groups in total. The van der Waals surface area contributed by atoms with Gasteiger partial charge < -0.3 is 10.1 Å². The first-order chi connectivity index (χ1) is 4.97. The first-order valence-corrected chi connectivity index (χ1v) is 3.36. The van der Waals surface area contributed by atoms with Crippen LogP contribution in [0.5, 0.6) is 5.75 Å².